The third-order valence-electron chi connectivity index (χ3n) is 2.33. The van der Waals surface area contributed by atoms with Gasteiger partial charge in [0.15, 0.2) is 0 Å². The van der Waals surface area contributed by atoms with Crippen LogP contribution in [0.15, 0.2) is 24.3 Å². The molecule has 72 valence electrons. The molecule has 14 heavy (non-hydrogen) atoms. The van der Waals surface area contributed by atoms with Crippen LogP contribution in [0.1, 0.15) is 16.5 Å². The summed E-state index contributed by atoms with van der Waals surface area (Å²) in [4.78, 5) is 11.6. The van der Waals surface area contributed by atoms with E-state index in [1.54, 1.807) is 11.3 Å². The number of fused-ring (bicyclic) bond motifs is 1. The number of carbonyl (C=O) groups is 1. The third kappa shape index (κ3) is 1.35. The first-order chi connectivity index (χ1) is 6.74. The summed E-state index contributed by atoms with van der Waals surface area (Å²) in [6, 6.07) is 7.62. The van der Waals surface area contributed by atoms with Crippen molar-refractivity contribution >= 4 is 27.7 Å². The molecule has 0 aliphatic heterocycles. The molecule has 1 aromatic heterocycles. The van der Waals surface area contributed by atoms with Gasteiger partial charge in [-0.05, 0) is 23.9 Å². The molecule has 3 heteroatoms. The van der Waals surface area contributed by atoms with Crippen LogP contribution >= 0.6 is 11.3 Å². The van der Waals surface area contributed by atoms with E-state index < -0.39 is 6.04 Å². The van der Waals surface area contributed by atoms with Crippen molar-refractivity contribution in [3.63, 3.8) is 0 Å². The van der Waals surface area contributed by atoms with Crippen LogP contribution in [-0.4, -0.2) is 6.29 Å². The van der Waals surface area contributed by atoms with Crippen molar-refractivity contribution in [3.8, 4) is 0 Å². The molecule has 1 unspecified atom stereocenters. The minimum Gasteiger partial charge on any atom is -0.317 e. The van der Waals surface area contributed by atoms with Gasteiger partial charge >= 0.3 is 0 Å². The van der Waals surface area contributed by atoms with Gasteiger partial charge in [0.1, 0.15) is 6.29 Å². The zero-order valence-electron chi connectivity index (χ0n) is 7.86. The minimum atomic E-state index is -0.479. The second kappa shape index (κ2) is 3.52. The first-order valence-corrected chi connectivity index (χ1v) is 5.24. The van der Waals surface area contributed by atoms with E-state index in [0.717, 1.165) is 16.7 Å². The Morgan fingerprint density at radius 1 is 1.43 bits per heavy atom. The van der Waals surface area contributed by atoms with Crippen molar-refractivity contribution in [1.82, 2.24) is 0 Å². The van der Waals surface area contributed by atoms with Crippen molar-refractivity contribution in [3.05, 3.63) is 34.7 Å². The number of nitrogens with two attached hydrogens (primary N) is 1. The number of carbonyl (C=O) groups excluding carboxylic acids is 1. The summed E-state index contributed by atoms with van der Waals surface area (Å²) in [7, 11) is 0. The number of aldehydes is 1. The number of aryl methyl sites for hydroxylation is 1. The van der Waals surface area contributed by atoms with Gasteiger partial charge in [-0.2, -0.15) is 0 Å². The van der Waals surface area contributed by atoms with Gasteiger partial charge in [-0.3, -0.25) is 0 Å². The molecule has 0 fully saturated rings. The smallest absolute Gasteiger partial charge is 0.142 e. The highest BCUT2D eigenvalue weighted by molar-refractivity contribution is 7.19. The summed E-state index contributed by atoms with van der Waals surface area (Å²) >= 11 is 1.60. The van der Waals surface area contributed by atoms with Crippen LogP contribution in [0.2, 0.25) is 0 Å². The molecule has 0 bridgehead atoms. The number of benzene rings is 1. The van der Waals surface area contributed by atoms with Crippen LogP contribution in [0.5, 0.6) is 0 Å². The standard InChI is InChI=1S/C11H11NOS/c1-7-8-4-2-3-5-10(8)14-11(7)9(12)6-13/h2-6,9H,12H2,1H3. The SMILES string of the molecule is Cc1c(C(N)C=O)sc2ccccc12. The van der Waals surface area contributed by atoms with Crippen LogP contribution in [0, 0.1) is 6.92 Å². The highest BCUT2D eigenvalue weighted by Gasteiger charge is 2.13. The van der Waals surface area contributed by atoms with E-state index in [1.165, 1.54) is 10.1 Å². The first kappa shape index (κ1) is 9.37. The molecular weight excluding hydrogens is 194 g/mol. The molecule has 2 aromatic rings. The second-order valence-corrected chi connectivity index (χ2v) is 4.33. The molecule has 2 rings (SSSR count). The lowest BCUT2D eigenvalue weighted by Crippen LogP contribution is -2.10. The molecule has 1 heterocycles. The van der Waals surface area contributed by atoms with Gasteiger partial charge in [0, 0.05) is 9.58 Å². The van der Waals surface area contributed by atoms with Crippen LogP contribution < -0.4 is 5.73 Å². The number of thiophene rings is 1. The molecule has 0 saturated carbocycles. The molecule has 0 amide bonds. The van der Waals surface area contributed by atoms with E-state index in [1.807, 2.05) is 25.1 Å². The molecule has 2 N–H and O–H groups in total. The Kier molecular flexibility index (Phi) is 2.35. The van der Waals surface area contributed by atoms with E-state index in [4.69, 9.17) is 5.73 Å². The normalized spacial score (nSPS) is 13.0. The predicted octanol–water partition coefficient (Wildman–Crippen LogP) is 2.41. The Labute approximate surface area is 86.3 Å². The van der Waals surface area contributed by atoms with Gasteiger partial charge in [0.2, 0.25) is 0 Å². The quantitative estimate of drug-likeness (QED) is 0.765. The van der Waals surface area contributed by atoms with Crippen LogP contribution in [0.25, 0.3) is 10.1 Å². The van der Waals surface area contributed by atoms with Crippen LogP contribution in [-0.2, 0) is 4.79 Å². The zero-order valence-corrected chi connectivity index (χ0v) is 8.67. The summed E-state index contributed by atoms with van der Waals surface area (Å²) in [5.74, 6) is 0. The maximum atomic E-state index is 10.6. The predicted molar refractivity (Wildman–Crippen MR) is 59.6 cm³/mol. The lowest BCUT2D eigenvalue weighted by atomic mass is 10.1. The molecule has 0 radical (unpaired) electrons. The summed E-state index contributed by atoms with van der Waals surface area (Å²) in [6.07, 6.45) is 0.789. The maximum Gasteiger partial charge on any atom is 0.142 e. The Morgan fingerprint density at radius 2 is 2.14 bits per heavy atom. The summed E-state index contributed by atoms with van der Waals surface area (Å²) < 4.78 is 1.19. The molecule has 1 atom stereocenters. The lowest BCUT2D eigenvalue weighted by Gasteiger charge is -2.00. The number of hydrogen-bond acceptors (Lipinski definition) is 3. The fourth-order valence-electron chi connectivity index (χ4n) is 1.57. The van der Waals surface area contributed by atoms with Crippen molar-refractivity contribution < 1.29 is 4.79 Å². The number of rotatable bonds is 2. The Bertz CT molecular complexity index is 475. The van der Waals surface area contributed by atoms with Gasteiger partial charge in [0.05, 0.1) is 6.04 Å². The van der Waals surface area contributed by atoms with Crippen molar-refractivity contribution in [2.75, 3.05) is 0 Å². The highest BCUT2D eigenvalue weighted by atomic mass is 32.1. The molecule has 0 aliphatic rings. The van der Waals surface area contributed by atoms with Gasteiger partial charge < -0.3 is 10.5 Å². The summed E-state index contributed by atoms with van der Waals surface area (Å²) in [5, 5.41) is 1.20. The molecule has 1 aromatic carbocycles. The number of hydrogen-bond donors (Lipinski definition) is 1. The topological polar surface area (TPSA) is 43.1 Å². The molecule has 0 aliphatic carbocycles. The van der Waals surface area contributed by atoms with Crippen molar-refractivity contribution in [1.29, 1.82) is 0 Å². The van der Waals surface area contributed by atoms with E-state index in [9.17, 15) is 4.79 Å². The van der Waals surface area contributed by atoms with E-state index in [0.29, 0.717) is 0 Å². The molecule has 0 saturated heterocycles. The van der Waals surface area contributed by atoms with Crippen LogP contribution in [0.4, 0.5) is 0 Å². The highest BCUT2D eigenvalue weighted by Crippen LogP contribution is 2.32. The maximum absolute atomic E-state index is 10.6. The minimum absolute atomic E-state index is 0.479. The first-order valence-electron chi connectivity index (χ1n) is 4.43. The molecular formula is C11H11NOS. The van der Waals surface area contributed by atoms with E-state index in [-0.39, 0.29) is 0 Å². The average molecular weight is 205 g/mol. The average Bonchev–Trinajstić information content (AvgIpc) is 2.56. The van der Waals surface area contributed by atoms with E-state index >= 15 is 0 Å². The van der Waals surface area contributed by atoms with Gasteiger partial charge in [0.25, 0.3) is 0 Å². The van der Waals surface area contributed by atoms with Crippen molar-refractivity contribution in [2.45, 2.75) is 13.0 Å². The van der Waals surface area contributed by atoms with Gasteiger partial charge in [-0.1, -0.05) is 18.2 Å². The van der Waals surface area contributed by atoms with Gasteiger partial charge in [-0.15, -0.1) is 11.3 Å². The van der Waals surface area contributed by atoms with Gasteiger partial charge in [-0.25, -0.2) is 0 Å². The van der Waals surface area contributed by atoms with E-state index in [2.05, 4.69) is 6.07 Å². The second-order valence-electron chi connectivity index (χ2n) is 3.25. The molecule has 0 spiro atoms. The van der Waals surface area contributed by atoms with Crippen LogP contribution in [0.3, 0.4) is 0 Å². The monoisotopic (exact) mass is 205 g/mol. The lowest BCUT2D eigenvalue weighted by molar-refractivity contribution is -0.108. The Hall–Kier alpha value is -1.19. The summed E-state index contributed by atoms with van der Waals surface area (Å²) in [5.41, 5.74) is 6.83. The zero-order chi connectivity index (χ0) is 10.1. The molecule has 2 nitrogen and oxygen atoms in total. The fourth-order valence-corrected chi connectivity index (χ4v) is 2.74. The Balaban J connectivity index is 2.68. The Morgan fingerprint density at radius 3 is 2.79 bits per heavy atom. The van der Waals surface area contributed by atoms with Crippen molar-refractivity contribution in [2.24, 2.45) is 5.73 Å². The fraction of sp³-hybridized carbons (Fsp3) is 0.182. The largest absolute Gasteiger partial charge is 0.317 e. The summed E-state index contributed by atoms with van der Waals surface area (Å²) in [6.45, 7) is 2.01. The third-order valence-corrected chi connectivity index (χ3v) is 3.70.